The van der Waals surface area contributed by atoms with E-state index in [0.29, 0.717) is 32.6 Å². The number of carbonyl (C=O) groups excluding carboxylic acids is 2. The molecule has 2 amide bonds. The standard InChI is InChI=1S/C22H25F2N3O4S/c1-16-6-8-17(9-7-16)14-21(29)27-12-10-26(11-13-27)15-20(28)25-18-4-2-3-5-19(18)32(30,31)22(23)24/h2-9,22H,10-15H2,1H3,(H,25,28). The summed E-state index contributed by atoms with van der Waals surface area (Å²) in [5, 5.41) is 2.42. The van der Waals surface area contributed by atoms with Crippen molar-refractivity contribution in [3.05, 3.63) is 59.7 Å². The number of hydrogen-bond donors (Lipinski definition) is 1. The molecule has 0 aliphatic carbocycles. The molecule has 32 heavy (non-hydrogen) atoms. The summed E-state index contributed by atoms with van der Waals surface area (Å²) in [5.41, 5.74) is 1.90. The van der Waals surface area contributed by atoms with Crippen LogP contribution in [0.5, 0.6) is 0 Å². The fourth-order valence-corrected chi connectivity index (χ4v) is 4.34. The first-order valence-corrected chi connectivity index (χ1v) is 11.7. The van der Waals surface area contributed by atoms with Crippen LogP contribution < -0.4 is 5.32 Å². The molecule has 0 bridgehead atoms. The number of nitrogens with zero attached hydrogens (tertiary/aromatic N) is 2. The van der Waals surface area contributed by atoms with Gasteiger partial charge < -0.3 is 10.2 Å². The smallest absolute Gasteiger partial charge is 0.340 e. The van der Waals surface area contributed by atoms with E-state index in [0.717, 1.165) is 17.2 Å². The number of benzene rings is 2. The van der Waals surface area contributed by atoms with Crippen LogP contribution in [0.1, 0.15) is 11.1 Å². The summed E-state index contributed by atoms with van der Waals surface area (Å²) in [4.78, 5) is 27.9. The minimum Gasteiger partial charge on any atom is -0.340 e. The Kier molecular flexibility index (Phi) is 7.57. The number of carbonyl (C=O) groups is 2. The van der Waals surface area contributed by atoms with Crippen molar-refractivity contribution >= 4 is 27.3 Å². The SMILES string of the molecule is Cc1ccc(CC(=O)N2CCN(CC(=O)Nc3ccccc3S(=O)(=O)C(F)F)CC2)cc1. The first-order chi connectivity index (χ1) is 15.2. The molecule has 1 fully saturated rings. The maximum Gasteiger partial charge on any atom is 0.341 e. The summed E-state index contributed by atoms with van der Waals surface area (Å²) in [6.07, 6.45) is 0.316. The Balaban J connectivity index is 1.52. The number of hydrogen-bond acceptors (Lipinski definition) is 5. The van der Waals surface area contributed by atoms with Gasteiger partial charge in [0.25, 0.3) is 0 Å². The largest absolute Gasteiger partial charge is 0.341 e. The number of alkyl halides is 2. The lowest BCUT2D eigenvalue weighted by atomic mass is 10.1. The van der Waals surface area contributed by atoms with E-state index in [1.54, 1.807) is 4.90 Å². The molecule has 1 N–H and O–H groups in total. The lowest BCUT2D eigenvalue weighted by molar-refractivity contribution is -0.132. The molecule has 1 aliphatic heterocycles. The molecular weight excluding hydrogens is 440 g/mol. The van der Waals surface area contributed by atoms with Crippen LogP contribution in [0.25, 0.3) is 0 Å². The van der Waals surface area contributed by atoms with Crippen LogP contribution in [0.2, 0.25) is 0 Å². The van der Waals surface area contributed by atoms with Crippen LogP contribution in [-0.2, 0) is 25.8 Å². The van der Waals surface area contributed by atoms with Gasteiger partial charge in [-0.15, -0.1) is 0 Å². The topological polar surface area (TPSA) is 86.8 Å². The average molecular weight is 466 g/mol. The number of halogens is 2. The number of amides is 2. The van der Waals surface area contributed by atoms with Gasteiger partial charge in [0.2, 0.25) is 21.7 Å². The molecule has 0 spiro atoms. The second kappa shape index (κ2) is 10.2. The molecule has 0 aromatic heterocycles. The number of piperazine rings is 1. The van der Waals surface area contributed by atoms with Gasteiger partial charge in [0.1, 0.15) is 0 Å². The van der Waals surface area contributed by atoms with Gasteiger partial charge in [-0.3, -0.25) is 14.5 Å². The van der Waals surface area contributed by atoms with Crippen LogP contribution in [0.4, 0.5) is 14.5 Å². The summed E-state index contributed by atoms with van der Waals surface area (Å²) in [7, 11) is -4.84. The Morgan fingerprint density at radius 1 is 1.00 bits per heavy atom. The molecule has 0 radical (unpaired) electrons. The normalized spacial score (nSPS) is 15.1. The van der Waals surface area contributed by atoms with Gasteiger partial charge in [0, 0.05) is 26.2 Å². The van der Waals surface area contributed by atoms with Crippen LogP contribution in [0.15, 0.2) is 53.4 Å². The summed E-state index contributed by atoms with van der Waals surface area (Å²) >= 11 is 0. The third-order valence-corrected chi connectivity index (χ3v) is 6.71. The van der Waals surface area contributed by atoms with Crippen LogP contribution >= 0.6 is 0 Å². The van der Waals surface area contributed by atoms with E-state index in [4.69, 9.17) is 0 Å². The number of anilines is 1. The Hall–Kier alpha value is -2.85. The predicted molar refractivity (Wildman–Crippen MR) is 116 cm³/mol. The van der Waals surface area contributed by atoms with E-state index in [1.807, 2.05) is 36.1 Å². The molecule has 1 heterocycles. The van der Waals surface area contributed by atoms with Crippen molar-refractivity contribution in [2.24, 2.45) is 0 Å². The maximum atomic E-state index is 12.9. The zero-order valence-corrected chi connectivity index (χ0v) is 18.4. The molecule has 2 aromatic carbocycles. The summed E-state index contributed by atoms with van der Waals surface area (Å²) in [6, 6.07) is 12.9. The Labute approximate surface area is 185 Å². The van der Waals surface area contributed by atoms with E-state index in [2.05, 4.69) is 5.32 Å². The van der Waals surface area contributed by atoms with Crippen molar-refractivity contribution in [2.45, 2.75) is 24.0 Å². The van der Waals surface area contributed by atoms with Gasteiger partial charge in [0.05, 0.1) is 23.5 Å². The third kappa shape index (κ3) is 5.89. The number of sulfone groups is 1. The highest BCUT2D eigenvalue weighted by Gasteiger charge is 2.30. The summed E-state index contributed by atoms with van der Waals surface area (Å²) < 4.78 is 49.5. The second-order valence-corrected chi connectivity index (χ2v) is 9.56. The van der Waals surface area contributed by atoms with Gasteiger partial charge in [-0.2, -0.15) is 8.78 Å². The molecule has 1 saturated heterocycles. The number of rotatable bonds is 7. The molecule has 172 valence electrons. The zero-order valence-electron chi connectivity index (χ0n) is 17.6. The molecule has 2 aromatic rings. The highest BCUT2D eigenvalue weighted by Crippen LogP contribution is 2.26. The van der Waals surface area contributed by atoms with Gasteiger partial charge in [-0.1, -0.05) is 42.0 Å². The van der Waals surface area contributed by atoms with Crippen LogP contribution in [-0.4, -0.2) is 68.5 Å². The maximum absolute atomic E-state index is 12.9. The van der Waals surface area contributed by atoms with Crippen molar-refractivity contribution in [3.63, 3.8) is 0 Å². The number of aryl methyl sites for hydroxylation is 1. The van der Waals surface area contributed by atoms with Crippen molar-refractivity contribution in [2.75, 3.05) is 38.0 Å². The fraction of sp³-hybridized carbons (Fsp3) is 0.364. The minimum absolute atomic E-state index is 0.0177. The average Bonchev–Trinajstić information content (AvgIpc) is 2.76. The molecule has 10 heteroatoms. The monoisotopic (exact) mass is 465 g/mol. The number of para-hydroxylation sites is 1. The molecule has 0 atom stereocenters. The molecule has 1 aliphatic rings. The van der Waals surface area contributed by atoms with Crippen LogP contribution in [0, 0.1) is 6.92 Å². The molecule has 3 rings (SSSR count). The van der Waals surface area contributed by atoms with E-state index >= 15 is 0 Å². The highest BCUT2D eigenvalue weighted by atomic mass is 32.2. The summed E-state index contributed by atoms with van der Waals surface area (Å²) in [6.45, 7) is 3.83. The van der Waals surface area contributed by atoms with Crippen molar-refractivity contribution in [1.82, 2.24) is 9.80 Å². The number of nitrogens with one attached hydrogen (secondary N) is 1. The van der Waals surface area contributed by atoms with E-state index < -0.39 is 26.4 Å². The van der Waals surface area contributed by atoms with Crippen molar-refractivity contribution < 1.29 is 26.8 Å². The molecule has 0 unspecified atom stereocenters. The van der Waals surface area contributed by atoms with E-state index in [9.17, 15) is 26.8 Å². The van der Waals surface area contributed by atoms with Gasteiger partial charge in [-0.25, -0.2) is 8.42 Å². The molecule has 0 saturated carbocycles. The molecule has 7 nitrogen and oxygen atoms in total. The lowest BCUT2D eigenvalue weighted by Crippen LogP contribution is -2.50. The third-order valence-electron chi connectivity index (χ3n) is 5.27. The van der Waals surface area contributed by atoms with Gasteiger partial charge in [-0.05, 0) is 24.6 Å². The Morgan fingerprint density at radius 3 is 2.25 bits per heavy atom. The second-order valence-electron chi connectivity index (χ2n) is 7.67. The zero-order chi connectivity index (χ0) is 23.3. The van der Waals surface area contributed by atoms with Gasteiger partial charge >= 0.3 is 5.76 Å². The fourth-order valence-electron chi connectivity index (χ4n) is 3.45. The summed E-state index contributed by atoms with van der Waals surface area (Å²) in [5.74, 6) is -4.07. The lowest BCUT2D eigenvalue weighted by Gasteiger charge is -2.34. The van der Waals surface area contributed by atoms with E-state index in [1.165, 1.54) is 18.2 Å². The first-order valence-electron chi connectivity index (χ1n) is 10.1. The first kappa shape index (κ1) is 23.8. The van der Waals surface area contributed by atoms with Crippen molar-refractivity contribution in [3.8, 4) is 0 Å². The Bertz CT molecular complexity index is 1070. The Morgan fingerprint density at radius 2 is 1.62 bits per heavy atom. The highest BCUT2D eigenvalue weighted by molar-refractivity contribution is 7.91. The quantitative estimate of drug-likeness (QED) is 0.678. The molecular formula is C22H25F2N3O4S. The van der Waals surface area contributed by atoms with Crippen molar-refractivity contribution in [1.29, 1.82) is 0 Å². The van der Waals surface area contributed by atoms with Crippen LogP contribution in [0.3, 0.4) is 0 Å². The minimum atomic E-state index is -4.84. The van der Waals surface area contributed by atoms with Gasteiger partial charge in [0.15, 0.2) is 0 Å². The predicted octanol–water partition coefficient (Wildman–Crippen LogP) is 2.32. The van der Waals surface area contributed by atoms with E-state index in [-0.39, 0.29) is 18.1 Å².